The zero-order valence-electron chi connectivity index (χ0n) is 19.2. The van der Waals surface area contributed by atoms with Gasteiger partial charge in [0.15, 0.2) is 0 Å². The summed E-state index contributed by atoms with van der Waals surface area (Å²) in [6.45, 7) is 6.83. The van der Waals surface area contributed by atoms with Crippen LogP contribution in [0.3, 0.4) is 0 Å². The van der Waals surface area contributed by atoms with Gasteiger partial charge in [-0.05, 0) is 106 Å². The lowest BCUT2D eigenvalue weighted by molar-refractivity contribution is 0.0697. The van der Waals surface area contributed by atoms with Crippen molar-refractivity contribution in [2.75, 3.05) is 13.1 Å². The van der Waals surface area contributed by atoms with Gasteiger partial charge in [-0.15, -0.1) is 0 Å². The first kappa shape index (κ1) is 24.0. The number of aryl methyl sites for hydroxylation is 2. The average molecular weight is 439 g/mol. The predicted octanol–water partition coefficient (Wildman–Crippen LogP) is 6.22. The van der Waals surface area contributed by atoms with Gasteiger partial charge in [0, 0.05) is 17.1 Å². The van der Waals surface area contributed by atoms with Gasteiger partial charge >= 0.3 is 5.97 Å². The first-order valence-electron chi connectivity index (χ1n) is 11.6. The van der Waals surface area contributed by atoms with Gasteiger partial charge in [0.25, 0.3) is 0 Å². The summed E-state index contributed by atoms with van der Waals surface area (Å²) in [4.78, 5) is 13.6. The van der Waals surface area contributed by atoms with E-state index in [9.17, 15) is 9.18 Å². The third-order valence-corrected chi connectivity index (χ3v) is 6.38. The fourth-order valence-corrected chi connectivity index (χ4v) is 4.23. The molecule has 32 heavy (non-hydrogen) atoms. The molecule has 5 rings (SSSR count). The second-order valence-corrected chi connectivity index (χ2v) is 8.85. The van der Waals surface area contributed by atoms with Gasteiger partial charge < -0.3 is 15.4 Å². The molecule has 172 valence electrons. The number of fused-ring (bicyclic) bond motifs is 1. The van der Waals surface area contributed by atoms with Gasteiger partial charge in [-0.25, -0.2) is 9.18 Å². The monoisotopic (exact) mass is 438 g/mol. The van der Waals surface area contributed by atoms with E-state index in [4.69, 9.17) is 5.11 Å². The van der Waals surface area contributed by atoms with Crippen molar-refractivity contribution in [3.8, 4) is 0 Å². The van der Waals surface area contributed by atoms with Crippen LogP contribution in [-0.4, -0.2) is 35.3 Å². The van der Waals surface area contributed by atoms with E-state index in [0.717, 1.165) is 25.2 Å². The van der Waals surface area contributed by atoms with Crippen LogP contribution in [0.2, 0.25) is 0 Å². The van der Waals surface area contributed by atoms with Crippen LogP contribution in [0.1, 0.15) is 59.2 Å². The Bertz CT molecular complexity index is 990. The standard InChI is InChI=1S/C16H22N2.C7H6O2.C4H7F/c1-11-9-12(2)16-14(5-8-18-16)15(11)10-13-3-6-17-7-4-13;8-7(9)6-4-2-1-3-5-6;5-4-2-1-3-4/h5,8-9,13,17-18H,3-4,6-7,10H2,1-2H3;1-5H,(H,8,9);4H,1-3H2. The van der Waals surface area contributed by atoms with E-state index in [-0.39, 0.29) is 0 Å². The molecule has 2 aromatic carbocycles. The van der Waals surface area contributed by atoms with E-state index >= 15 is 0 Å². The van der Waals surface area contributed by atoms with E-state index in [1.165, 1.54) is 54.4 Å². The summed E-state index contributed by atoms with van der Waals surface area (Å²) in [5.41, 5.74) is 6.03. The smallest absolute Gasteiger partial charge is 0.335 e. The molecule has 3 N–H and O–H groups in total. The van der Waals surface area contributed by atoms with Gasteiger partial charge in [0.1, 0.15) is 6.17 Å². The summed E-state index contributed by atoms with van der Waals surface area (Å²) in [6.07, 6.45) is 8.26. The van der Waals surface area contributed by atoms with Crippen molar-refractivity contribution in [1.29, 1.82) is 0 Å². The Hall–Kier alpha value is -2.66. The lowest BCUT2D eigenvalue weighted by atomic mass is 9.87. The largest absolute Gasteiger partial charge is 0.478 e. The highest BCUT2D eigenvalue weighted by Gasteiger charge is 2.17. The van der Waals surface area contributed by atoms with E-state index < -0.39 is 12.1 Å². The molecule has 1 aromatic heterocycles. The third kappa shape index (κ3) is 6.67. The molecule has 4 nitrogen and oxygen atoms in total. The summed E-state index contributed by atoms with van der Waals surface area (Å²) in [6, 6.07) is 12.9. The van der Waals surface area contributed by atoms with Crippen LogP contribution < -0.4 is 5.32 Å². The third-order valence-electron chi connectivity index (χ3n) is 6.38. The van der Waals surface area contributed by atoms with Gasteiger partial charge in [0.05, 0.1) is 5.56 Å². The van der Waals surface area contributed by atoms with Gasteiger partial charge in [0.2, 0.25) is 0 Å². The zero-order valence-corrected chi connectivity index (χ0v) is 19.2. The molecule has 2 fully saturated rings. The highest BCUT2D eigenvalue weighted by Crippen LogP contribution is 2.29. The van der Waals surface area contributed by atoms with Crippen LogP contribution in [0.25, 0.3) is 10.9 Å². The fourth-order valence-electron chi connectivity index (χ4n) is 4.23. The van der Waals surface area contributed by atoms with E-state index in [1.807, 2.05) is 0 Å². The number of benzene rings is 2. The van der Waals surface area contributed by atoms with Crippen molar-refractivity contribution in [1.82, 2.24) is 10.3 Å². The predicted molar refractivity (Wildman–Crippen MR) is 129 cm³/mol. The number of nitrogens with one attached hydrogen (secondary N) is 2. The van der Waals surface area contributed by atoms with Crippen LogP contribution in [0.5, 0.6) is 0 Å². The molecule has 0 unspecified atom stereocenters. The number of rotatable bonds is 3. The molecule has 3 aromatic rings. The molecular weight excluding hydrogens is 403 g/mol. The number of carbonyl (C=O) groups is 1. The van der Waals surface area contributed by atoms with Crippen molar-refractivity contribution in [2.45, 2.75) is 58.5 Å². The minimum absolute atomic E-state index is 0.331. The number of hydrogen-bond acceptors (Lipinski definition) is 2. The lowest BCUT2D eigenvalue weighted by Crippen LogP contribution is -2.28. The molecule has 0 amide bonds. The molecule has 0 spiro atoms. The van der Waals surface area contributed by atoms with Crippen LogP contribution in [-0.2, 0) is 6.42 Å². The Morgan fingerprint density at radius 3 is 2.22 bits per heavy atom. The van der Waals surface area contributed by atoms with Crippen molar-refractivity contribution in [2.24, 2.45) is 5.92 Å². The second kappa shape index (κ2) is 11.8. The van der Waals surface area contributed by atoms with Crippen LogP contribution in [0.15, 0.2) is 48.7 Å². The Balaban J connectivity index is 0.000000170. The Labute approximate surface area is 190 Å². The van der Waals surface area contributed by atoms with Gasteiger partial charge in [-0.2, -0.15) is 0 Å². The topological polar surface area (TPSA) is 65.1 Å². The molecule has 0 bridgehead atoms. The minimum Gasteiger partial charge on any atom is -0.478 e. The molecule has 0 atom stereocenters. The first-order valence-corrected chi connectivity index (χ1v) is 11.6. The van der Waals surface area contributed by atoms with Crippen molar-refractivity contribution < 1.29 is 14.3 Å². The summed E-state index contributed by atoms with van der Waals surface area (Å²) in [5, 5.41) is 13.3. The van der Waals surface area contributed by atoms with Gasteiger partial charge in [-0.1, -0.05) is 24.3 Å². The number of carboxylic acid groups (broad SMARTS) is 1. The molecule has 2 aliphatic rings. The Kier molecular flexibility index (Phi) is 8.86. The Morgan fingerprint density at radius 1 is 1.03 bits per heavy atom. The number of halogens is 1. The number of carboxylic acids is 1. The summed E-state index contributed by atoms with van der Waals surface area (Å²) in [5.74, 6) is -0.0265. The molecule has 2 heterocycles. The molecule has 5 heteroatoms. The van der Waals surface area contributed by atoms with E-state index in [0.29, 0.717) is 5.56 Å². The number of aromatic carboxylic acids is 1. The van der Waals surface area contributed by atoms with Crippen LogP contribution >= 0.6 is 0 Å². The number of H-pyrrole nitrogens is 1. The quantitative estimate of drug-likeness (QED) is 0.455. The molecular formula is C27H35FN2O2. The lowest BCUT2D eigenvalue weighted by Gasteiger charge is -2.24. The van der Waals surface area contributed by atoms with Crippen molar-refractivity contribution in [3.63, 3.8) is 0 Å². The fraction of sp³-hybridized carbons (Fsp3) is 0.444. The van der Waals surface area contributed by atoms with E-state index in [2.05, 4.69) is 42.5 Å². The number of piperidine rings is 1. The van der Waals surface area contributed by atoms with Crippen molar-refractivity contribution in [3.05, 3.63) is 70.9 Å². The molecule has 1 aliphatic heterocycles. The Morgan fingerprint density at radius 2 is 1.69 bits per heavy atom. The molecule has 1 saturated carbocycles. The van der Waals surface area contributed by atoms with E-state index in [1.54, 1.807) is 35.9 Å². The molecule has 1 aliphatic carbocycles. The number of aromatic nitrogens is 1. The normalized spacial score (nSPS) is 16.3. The van der Waals surface area contributed by atoms with Gasteiger partial charge in [-0.3, -0.25) is 0 Å². The van der Waals surface area contributed by atoms with Crippen molar-refractivity contribution >= 4 is 16.9 Å². The summed E-state index contributed by atoms with van der Waals surface area (Å²) in [7, 11) is 0. The second-order valence-electron chi connectivity index (χ2n) is 8.85. The SMILES string of the molecule is Cc1cc(C)c2[nH]ccc2c1CC1CCNCC1.FC1CCC1.O=C(O)c1ccccc1. The summed E-state index contributed by atoms with van der Waals surface area (Å²) >= 11 is 0. The number of hydrogen-bond donors (Lipinski definition) is 3. The molecule has 1 saturated heterocycles. The minimum atomic E-state index is -0.879. The highest BCUT2D eigenvalue weighted by atomic mass is 19.1. The zero-order chi connectivity index (χ0) is 22.9. The maximum Gasteiger partial charge on any atom is 0.335 e. The van der Waals surface area contributed by atoms with Crippen LogP contribution in [0, 0.1) is 19.8 Å². The number of aromatic amines is 1. The maximum atomic E-state index is 11.5. The van der Waals surface area contributed by atoms with Crippen LogP contribution in [0.4, 0.5) is 4.39 Å². The highest BCUT2D eigenvalue weighted by molar-refractivity contribution is 5.87. The summed E-state index contributed by atoms with van der Waals surface area (Å²) < 4.78 is 11.5. The maximum absolute atomic E-state index is 11.5. The number of alkyl halides is 1. The first-order chi connectivity index (χ1) is 15.5. The molecule has 0 radical (unpaired) electrons. The average Bonchev–Trinajstić information content (AvgIpc) is 3.28.